The molecular weight excluding hydrogens is 390 g/mol. The van der Waals surface area contributed by atoms with Crippen LogP contribution in [0.2, 0.25) is 0 Å². The molecule has 3 aliphatic rings. The van der Waals surface area contributed by atoms with Gasteiger partial charge in [0, 0.05) is 30.4 Å². The van der Waals surface area contributed by atoms with Gasteiger partial charge in [0.15, 0.2) is 11.6 Å². The smallest absolute Gasteiger partial charge is 0.322 e. The van der Waals surface area contributed by atoms with Crippen molar-refractivity contribution in [3.8, 4) is 0 Å². The van der Waals surface area contributed by atoms with Gasteiger partial charge in [-0.2, -0.15) is 0 Å². The van der Waals surface area contributed by atoms with Crippen LogP contribution in [0.15, 0.2) is 17.0 Å². The number of ether oxygens (including phenoxy) is 1. The number of amides is 3. The first-order chi connectivity index (χ1) is 13.5. The highest BCUT2D eigenvalue weighted by Crippen LogP contribution is 2.38. The van der Waals surface area contributed by atoms with Crippen LogP contribution in [0.5, 0.6) is 0 Å². The number of urea groups is 1. The Labute approximate surface area is 165 Å². The van der Waals surface area contributed by atoms with Gasteiger partial charge in [0.25, 0.3) is 5.91 Å². The molecule has 1 aromatic carbocycles. The summed E-state index contributed by atoms with van der Waals surface area (Å²) < 4.78 is 37.3. The van der Waals surface area contributed by atoms with Gasteiger partial charge in [0.2, 0.25) is 0 Å². The van der Waals surface area contributed by atoms with E-state index in [1.165, 1.54) is 12.1 Å². The third-order valence-corrected chi connectivity index (χ3v) is 6.41. The number of imide groups is 1. The van der Waals surface area contributed by atoms with Gasteiger partial charge in [-0.05, 0) is 36.9 Å². The fourth-order valence-electron chi connectivity index (χ4n) is 4.24. The third kappa shape index (κ3) is 3.56. The van der Waals surface area contributed by atoms with Gasteiger partial charge in [-0.25, -0.2) is 13.6 Å². The summed E-state index contributed by atoms with van der Waals surface area (Å²) in [7, 11) is 0. The third-order valence-electron chi connectivity index (χ3n) is 5.63. The van der Waals surface area contributed by atoms with Gasteiger partial charge in [-0.3, -0.25) is 14.8 Å². The van der Waals surface area contributed by atoms with Crippen LogP contribution in [0.3, 0.4) is 0 Å². The summed E-state index contributed by atoms with van der Waals surface area (Å²) in [6, 6.07) is 2.15. The lowest BCUT2D eigenvalue weighted by Gasteiger charge is -2.29. The molecule has 1 aliphatic carbocycles. The predicted octanol–water partition coefficient (Wildman–Crippen LogP) is 1.78. The molecule has 28 heavy (non-hydrogen) atoms. The van der Waals surface area contributed by atoms with Gasteiger partial charge >= 0.3 is 6.03 Å². The number of hydrogen-bond acceptors (Lipinski definition) is 6. The molecule has 1 aromatic rings. The Morgan fingerprint density at radius 1 is 1.25 bits per heavy atom. The van der Waals surface area contributed by atoms with Crippen molar-refractivity contribution in [2.75, 3.05) is 37.7 Å². The van der Waals surface area contributed by atoms with E-state index in [0.717, 1.165) is 24.8 Å². The summed E-state index contributed by atoms with van der Waals surface area (Å²) in [6.07, 6.45) is 2.22. The number of nitrogens with one attached hydrogen (secondary N) is 3. The number of nitrogens with zero attached hydrogens (tertiary/aromatic N) is 1. The molecule has 3 amide bonds. The van der Waals surface area contributed by atoms with E-state index in [4.69, 9.17) is 4.74 Å². The van der Waals surface area contributed by atoms with E-state index in [1.807, 2.05) is 0 Å². The standard InChI is InChI=1S/C18H22F2N4O3S/c19-13-8-12(9-14(20)15(13)24-4-6-27-7-5-24)28-21-10-11-2-1-3-18(11)16(25)22-17(26)23-18/h8-9,11,21H,1-7,10H2,(H2,22,23,25,26). The summed E-state index contributed by atoms with van der Waals surface area (Å²) in [5.41, 5.74) is -0.894. The van der Waals surface area contributed by atoms with Crippen LogP contribution in [-0.4, -0.2) is 50.3 Å². The molecule has 2 unspecified atom stereocenters. The minimum atomic E-state index is -0.874. The Hall–Kier alpha value is -1.91. The molecule has 1 saturated carbocycles. The molecule has 2 saturated heterocycles. The van der Waals surface area contributed by atoms with Crippen LogP contribution in [-0.2, 0) is 9.53 Å². The first-order valence-corrected chi connectivity index (χ1v) is 10.2. The van der Waals surface area contributed by atoms with E-state index in [0.29, 0.717) is 44.2 Å². The van der Waals surface area contributed by atoms with Crippen molar-refractivity contribution in [3.63, 3.8) is 0 Å². The van der Waals surface area contributed by atoms with Gasteiger partial charge in [0.1, 0.15) is 11.2 Å². The van der Waals surface area contributed by atoms with Crippen molar-refractivity contribution >= 4 is 29.6 Å². The second-order valence-corrected chi connectivity index (χ2v) is 8.22. The lowest BCUT2D eigenvalue weighted by atomic mass is 9.87. The fourth-order valence-corrected chi connectivity index (χ4v) is 5.01. The quantitative estimate of drug-likeness (QED) is 0.505. The zero-order valence-corrected chi connectivity index (χ0v) is 16.0. The predicted molar refractivity (Wildman–Crippen MR) is 100.0 cm³/mol. The fraction of sp³-hybridized carbons (Fsp3) is 0.556. The molecule has 2 heterocycles. The van der Waals surface area contributed by atoms with Gasteiger partial charge in [-0.1, -0.05) is 6.42 Å². The number of rotatable bonds is 5. The normalized spacial score (nSPS) is 27.4. The second-order valence-electron chi connectivity index (χ2n) is 7.25. The number of carbonyl (C=O) groups is 2. The van der Waals surface area contributed by atoms with Crippen molar-refractivity contribution in [2.45, 2.75) is 29.7 Å². The van der Waals surface area contributed by atoms with E-state index in [9.17, 15) is 18.4 Å². The topological polar surface area (TPSA) is 82.7 Å². The van der Waals surface area contributed by atoms with E-state index in [1.54, 1.807) is 4.90 Å². The second kappa shape index (κ2) is 7.84. The summed E-state index contributed by atoms with van der Waals surface area (Å²) >= 11 is 1.12. The number of halogens is 2. The summed E-state index contributed by atoms with van der Waals surface area (Å²) in [5.74, 6) is -1.58. The van der Waals surface area contributed by atoms with Crippen molar-refractivity contribution < 1.29 is 23.1 Å². The van der Waals surface area contributed by atoms with Gasteiger partial charge in [-0.15, -0.1) is 0 Å². The molecular formula is C18H22F2N4O3S. The Bertz CT molecular complexity index is 767. The maximum atomic E-state index is 14.5. The summed E-state index contributed by atoms with van der Waals surface area (Å²) in [5, 5.41) is 5.06. The van der Waals surface area contributed by atoms with Crippen LogP contribution in [0, 0.1) is 17.6 Å². The zero-order valence-electron chi connectivity index (χ0n) is 15.2. The highest BCUT2D eigenvalue weighted by molar-refractivity contribution is 7.97. The first kappa shape index (κ1) is 19.4. The van der Waals surface area contributed by atoms with Gasteiger partial charge < -0.3 is 15.0 Å². The van der Waals surface area contributed by atoms with Crippen molar-refractivity contribution in [3.05, 3.63) is 23.8 Å². The maximum Gasteiger partial charge on any atom is 0.322 e. The molecule has 1 spiro atoms. The zero-order chi connectivity index (χ0) is 19.7. The molecule has 10 heteroatoms. The van der Waals surface area contributed by atoms with E-state index in [-0.39, 0.29) is 17.5 Å². The molecule has 2 atom stereocenters. The first-order valence-electron chi connectivity index (χ1n) is 9.34. The lowest BCUT2D eigenvalue weighted by Crippen LogP contribution is -2.52. The van der Waals surface area contributed by atoms with Crippen LogP contribution in [0.25, 0.3) is 0 Å². The average molecular weight is 412 g/mol. The Morgan fingerprint density at radius 3 is 2.61 bits per heavy atom. The molecule has 4 rings (SSSR count). The maximum absolute atomic E-state index is 14.5. The van der Waals surface area contributed by atoms with Crippen LogP contribution in [0.4, 0.5) is 19.3 Å². The molecule has 152 valence electrons. The highest BCUT2D eigenvalue weighted by Gasteiger charge is 2.54. The van der Waals surface area contributed by atoms with Crippen LogP contribution < -0.4 is 20.3 Å². The molecule has 3 fully saturated rings. The van der Waals surface area contributed by atoms with Crippen molar-refractivity contribution in [2.24, 2.45) is 5.92 Å². The molecule has 0 radical (unpaired) electrons. The van der Waals surface area contributed by atoms with Crippen molar-refractivity contribution in [1.29, 1.82) is 0 Å². The summed E-state index contributed by atoms with van der Waals surface area (Å²) in [6.45, 7) is 2.24. The minimum absolute atomic E-state index is 0.0206. The summed E-state index contributed by atoms with van der Waals surface area (Å²) in [4.78, 5) is 25.8. The monoisotopic (exact) mass is 412 g/mol. The van der Waals surface area contributed by atoms with E-state index < -0.39 is 23.2 Å². The largest absolute Gasteiger partial charge is 0.378 e. The number of morpholine rings is 1. The minimum Gasteiger partial charge on any atom is -0.378 e. The average Bonchev–Trinajstić information content (AvgIpc) is 3.18. The molecule has 0 aromatic heterocycles. The van der Waals surface area contributed by atoms with E-state index >= 15 is 0 Å². The van der Waals surface area contributed by atoms with Crippen LogP contribution >= 0.6 is 11.9 Å². The SMILES string of the molecule is O=C1NC(=O)C2(CCCC2CNSc2cc(F)c(N3CCOCC3)c(F)c2)N1. The molecule has 3 N–H and O–H groups in total. The van der Waals surface area contributed by atoms with E-state index in [2.05, 4.69) is 15.4 Å². The van der Waals surface area contributed by atoms with Crippen molar-refractivity contribution in [1.82, 2.24) is 15.4 Å². The number of benzene rings is 1. The Morgan fingerprint density at radius 2 is 1.96 bits per heavy atom. The number of carbonyl (C=O) groups excluding carboxylic acids is 2. The number of anilines is 1. The molecule has 2 aliphatic heterocycles. The Kier molecular flexibility index (Phi) is 5.44. The molecule has 0 bridgehead atoms. The lowest BCUT2D eigenvalue weighted by molar-refractivity contribution is -0.125. The van der Waals surface area contributed by atoms with Crippen LogP contribution in [0.1, 0.15) is 19.3 Å². The molecule has 7 nitrogen and oxygen atoms in total. The van der Waals surface area contributed by atoms with Gasteiger partial charge in [0.05, 0.1) is 13.2 Å². The number of hydrogen-bond donors (Lipinski definition) is 3. The highest BCUT2D eigenvalue weighted by atomic mass is 32.2. The Balaban J connectivity index is 1.39.